The fraction of sp³-hybridized carbons (Fsp3) is 0.745. The van der Waals surface area contributed by atoms with Crippen molar-refractivity contribution < 1.29 is 73.8 Å². The molecule has 0 saturated carbocycles. The number of hydrogen-bond donors (Lipinski definition) is 7. The van der Waals surface area contributed by atoms with Crippen LogP contribution < -0.4 is 0 Å². The van der Waals surface area contributed by atoms with E-state index in [0.717, 1.165) is 77.0 Å². The number of carbonyl (C=O) groups excluding carboxylic acids is 2. The van der Waals surface area contributed by atoms with Crippen LogP contribution >= 0.6 is 0 Å². The van der Waals surface area contributed by atoms with Gasteiger partial charge in [-0.15, -0.1) is 0 Å². The molecule has 2 saturated heterocycles. The second-order valence-corrected chi connectivity index (χ2v) is 15.8. The van der Waals surface area contributed by atoms with Gasteiger partial charge in [0.05, 0.1) is 19.8 Å². The molecule has 0 aromatic heterocycles. The van der Waals surface area contributed by atoms with Gasteiger partial charge in [0.25, 0.3) is 0 Å². The molecule has 4 unspecified atom stereocenters. The van der Waals surface area contributed by atoms with Crippen molar-refractivity contribution in [1.29, 1.82) is 0 Å². The molecule has 0 amide bonds. The SMILES string of the molecule is CC/C=C/C/C=C/C/C=C/C/C=C/CCCCC(=O)O[C@H](COC(=O)CCCCCCC/C=C/CCCC)CO[C@@H]1O[C@H](CO[C@@H]2O[C@H](CO)[C@H](O)C(O)C2O)[C@H](O)C(O)C1O. The minimum absolute atomic E-state index is 0.108. The summed E-state index contributed by atoms with van der Waals surface area (Å²) in [6.45, 7) is 2.34. The molecule has 15 heteroatoms. The van der Waals surface area contributed by atoms with Crippen molar-refractivity contribution in [3.8, 4) is 0 Å². The van der Waals surface area contributed by atoms with Crippen LogP contribution in [0.1, 0.15) is 129 Å². The summed E-state index contributed by atoms with van der Waals surface area (Å²) in [6, 6.07) is 0. The van der Waals surface area contributed by atoms with Gasteiger partial charge in [-0.05, 0) is 70.6 Å². The van der Waals surface area contributed by atoms with E-state index in [4.69, 9.17) is 28.4 Å². The van der Waals surface area contributed by atoms with Crippen LogP contribution in [0.4, 0.5) is 0 Å². The van der Waals surface area contributed by atoms with Crippen LogP contribution in [0, 0.1) is 0 Å². The molecule has 356 valence electrons. The van der Waals surface area contributed by atoms with E-state index < -0.39 is 99.3 Å². The predicted molar refractivity (Wildman–Crippen MR) is 233 cm³/mol. The highest BCUT2D eigenvalue weighted by molar-refractivity contribution is 5.70. The first kappa shape index (κ1) is 55.3. The maximum atomic E-state index is 12.9. The third kappa shape index (κ3) is 23.2. The minimum atomic E-state index is -1.77. The van der Waals surface area contributed by atoms with E-state index in [-0.39, 0.29) is 19.4 Å². The number of esters is 2. The quantitative estimate of drug-likeness (QED) is 0.0263. The van der Waals surface area contributed by atoms with Gasteiger partial charge in [-0.1, -0.05) is 107 Å². The molecule has 2 aliphatic rings. The van der Waals surface area contributed by atoms with Crippen LogP contribution in [-0.4, -0.2) is 142 Å². The number of allylic oxidation sites excluding steroid dienone is 10. The molecule has 7 N–H and O–H groups in total. The van der Waals surface area contributed by atoms with Crippen LogP contribution in [0.15, 0.2) is 60.8 Å². The highest BCUT2D eigenvalue weighted by atomic mass is 16.7. The lowest BCUT2D eigenvalue weighted by atomic mass is 9.98. The lowest BCUT2D eigenvalue weighted by Crippen LogP contribution is -2.61. The smallest absolute Gasteiger partial charge is 0.306 e. The largest absolute Gasteiger partial charge is 0.462 e. The summed E-state index contributed by atoms with van der Waals surface area (Å²) in [6.07, 6.45) is 19.9. The zero-order valence-electron chi connectivity index (χ0n) is 37.1. The van der Waals surface area contributed by atoms with Gasteiger partial charge in [0, 0.05) is 12.8 Å². The second-order valence-electron chi connectivity index (χ2n) is 15.8. The Labute approximate surface area is 369 Å². The molecule has 0 aromatic rings. The van der Waals surface area contributed by atoms with Crippen LogP contribution in [0.25, 0.3) is 0 Å². The van der Waals surface area contributed by atoms with Gasteiger partial charge in [-0.25, -0.2) is 0 Å². The van der Waals surface area contributed by atoms with Crippen LogP contribution in [0.5, 0.6) is 0 Å². The van der Waals surface area contributed by atoms with E-state index in [1.165, 1.54) is 12.8 Å². The van der Waals surface area contributed by atoms with E-state index in [1.807, 2.05) is 0 Å². The van der Waals surface area contributed by atoms with Crippen LogP contribution in [0.3, 0.4) is 0 Å². The molecule has 2 rings (SSSR count). The summed E-state index contributed by atoms with van der Waals surface area (Å²) in [7, 11) is 0. The van der Waals surface area contributed by atoms with Crippen molar-refractivity contribution in [2.24, 2.45) is 0 Å². The molecule has 2 aliphatic heterocycles. The Morgan fingerprint density at radius 2 is 1.02 bits per heavy atom. The Bertz CT molecular complexity index is 1320. The predicted octanol–water partition coefficient (Wildman–Crippen LogP) is 4.92. The highest BCUT2D eigenvalue weighted by Gasteiger charge is 2.47. The van der Waals surface area contributed by atoms with Gasteiger partial charge in [0.2, 0.25) is 0 Å². The van der Waals surface area contributed by atoms with Crippen molar-refractivity contribution >= 4 is 11.9 Å². The van der Waals surface area contributed by atoms with Gasteiger partial charge in [-0.2, -0.15) is 0 Å². The number of carbonyl (C=O) groups is 2. The molecule has 0 spiro atoms. The lowest BCUT2D eigenvalue weighted by molar-refractivity contribution is -0.332. The second kappa shape index (κ2) is 34.6. The van der Waals surface area contributed by atoms with Crippen molar-refractivity contribution in [3.63, 3.8) is 0 Å². The Balaban J connectivity index is 1.88. The van der Waals surface area contributed by atoms with Crippen molar-refractivity contribution in [2.75, 3.05) is 26.4 Å². The van der Waals surface area contributed by atoms with Crippen molar-refractivity contribution in [2.45, 2.75) is 197 Å². The van der Waals surface area contributed by atoms with Crippen molar-refractivity contribution in [3.05, 3.63) is 60.8 Å². The van der Waals surface area contributed by atoms with E-state index in [0.29, 0.717) is 12.8 Å². The number of aliphatic hydroxyl groups excluding tert-OH is 7. The zero-order chi connectivity index (χ0) is 45.4. The number of aliphatic hydroxyl groups is 7. The van der Waals surface area contributed by atoms with Gasteiger partial charge in [-0.3, -0.25) is 9.59 Å². The first-order valence-corrected chi connectivity index (χ1v) is 22.9. The molecule has 0 aromatic carbocycles. The van der Waals surface area contributed by atoms with Gasteiger partial charge >= 0.3 is 11.9 Å². The van der Waals surface area contributed by atoms with Crippen LogP contribution in [-0.2, 0) is 38.0 Å². The molecule has 2 heterocycles. The molecule has 0 bridgehead atoms. The molecule has 2 fully saturated rings. The molecule has 11 atom stereocenters. The summed E-state index contributed by atoms with van der Waals surface area (Å²) in [4.78, 5) is 25.6. The van der Waals surface area contributed by atoms with Crippen LogP contribution in [0.2, 0.25) is 0 Å². The molecule has 0 radical (unpaired) electrons. The lowest BCUT2D eigenvalue weighted by Gasteiger charge is -2.42. The van der Waals surface area contributed by atoms with Gasteiger partial charge in [0.1, 0.15) is 55.4 Å². The Hall–Kier alpha value is -2.80. The van der Waals surface area contributed by atoms with Gasteiger partial charge < -0.3 is 64.2 Å². The first-order chi connectivity index (χ1) is 30.0. The fourth-order valence-corrected chi connectivity index (χ4v) is 6.66. The van der Waals surface area contributed by atoms with E-state index in [9.17, 15) is 45.3 Å². The fourth-order valence-electron chi connectivity index (χ4n) is 6.66. The Kier molecular flexibility index (Phi) is 30.9. The molecular formula is C47H78O15. The molecule has 15 nitrogen and oxygen atoms in total. The molecule has 62 heavy (non-hydrogen) atoms. The van der Waals surface area contributed by atoms with E-state index >= 15 is 0 Å². The maximum Gasteiger partial charge on any atom is 0.306 e. The summed E-state index contributed by atoms with van der Waals surface area (Å²) < 4.78 is 33.4. The van der Waals surface area contributed by atoms with E-state index in [1.54, 1.807) is 0 Å². The highest BCUT2D eigenvalue weighted by Crippen LogP contribution is 2.26. The summed E-state index contributed by atoms with van der Waals surface area (Å²) in [5.41, 5.74) is 0. The maximum absolute atomic E-state index is 12.9. The van der Waals surface area contributed by atoms with Gasteiger partial charge in [0.15, 0.2) is 18.7 Å². The molecule has 0 aliphatic carbocycles. The number of hydrogen-bond acceptors (Lipinski definition) is 15. The average molecular weight is 883 g/mol. The summed E-state index contributed by atoms with van der Waals surface area (Å²) >= 11 is 0. The standard InChI is InChI=1S/C47H78O15/c1-3-5-7-9-11-13-15-16-17-18-20-22-24-26-28-30-39(50)60-35(32-57-38(49)29-27-25-23-21-19-14-12-10-8-6-4-2)33-58-46-45(56)43(54)41(52)37(62-46)34-59-47-44(55)42(53)40(51)36(31-48)61-47/h5,7,10-13,16-17,20,22,35-37,40-48,51-56H,3-4,6,8-9,14-15,18-19,21,23-34H2,1-2H3/b7-5+,12-10+,13-11+,17-16+,22-20+/t35-,36-,37-,40+,41+,42?,43?,44?,45?,46-,47-/m1/s1. The third-order valence-electron chi connectivity index (χ3n) is 10.5. The van der Waals surface area contributed by atoms with Crippen molar-refractivity contribution in [1.82, 2.24) is 0 Å². The Morgan fingerprint density at radius 1 is 0.532 bits per heavy atom. The summed E-state index contributed by atoms with van der Waals surface area (Å²) in [5, 5.41) is 71.8. The molecular weight excluding hydrogens is 805 g/mol. The first-order valence-electron chi connectivity index (χ1n) is 22.9. The number of rotatable bonds is 33. The number of ether oxygens (including phenoxy) is 6. The minimum Gasteiger partial charge on any atom is -0.462 e. The number of unbranched alkanes of at least 4 members (excludes halogenated alkanes) is 9. The normalized spacial score (nSPS) is 27.6. The average Bonchev–Trinajstić information content (AvgIpc) is 3.26. The third-order valence-corrected chi connectivity index (χ3v) is 10.5. The topological polar surface area (TPSA) is 231 Å². The summed E-state index contributed by atoms with van der Waals surface area (Å²) in [5.74, 6) is -0.993. The zero-order valence-corrected chi connectivity index (χ0v) is 37.1. The Morgan fingerprint density at radius 3 is 1.65 bits per heavy atom. The van der Waals surface area contributed by atoms with E-state index in [2.05, 4.69) is 74.6 Å². The monoisotopic (exact) mass is 883 g/mol.